The zero-order chi connectivity index (χ0) is 14.5. The van der Waals surface area contributed by atoms with Crippen LogP contribution >= 0.6 is 11.6 Å². The van der Waals surface area contributed by atoms with Crippen LogP contribution in [-0.2, 0) is 13.1 Å². The molecule has 0 amide bonds. The van der Waals surface area contributed by atoms with Crippen molar-refractivity contribution in [1.82, 2.24) is 0 Å². The minimum atomic E-state index is -0.453. The van der Waals surface area contributed by atoms with Gasteiger partial charge in [-0.15, -0.1) is 0 Å². The Morgan fingerprint density at radius 2 is 1.70 bits per heavy atom. The lowest BCUT2D eigenvalue weighted by atomic mass is 10.1. The number of nitro groups is 1. The second kappa shape index (κ2) is 6.50. The summed E-state index contributed by atoms with van der Waals surface area (Å²) < 4.78 is 0. The van der Waals surface area contributed by atoms with Crippen LogP contribution in [0.2, 0.25) is 5.02 Å². The average Bonchev–Trinajstić information content (AvgIpc) is 2.42. The van der Waals surface area contributed by atoms with E-state index in [1.165, 1.54) is 17.2 Å². The Morgan fingerprint density at radius 3 is 2.35 bits per heavy atom. The molecule has 0 fully saturated rings. The highest BCUT2D eigenvalue weighted by Crippen LogP contribution is 2.24. The van der Waals surface area contributed by atoms with Crippen molar-refractivity contribution in [3.63, 3.8) is 0 Å². The third kappa shape index (κ3) is 3.79. The van der Waals surface area contributed by atoms with E-state index in [4.69, 9.17) is 11.6 Å². The van der Waals surface area contributed by atoms with Crippen molar-refractivity contribution in [3.05, 3.63) is 74.3 Å². The van der Waals surface area contributed by atoms with Crippen molar-refractivity contribution >= 4 is 17.3 Å². The van der Waals surface area contributed by atoms with E-state index in [0.29, 0.717) is 6.54 Å². The van der Waals surface area contributed by atoms with E-state index >= 15 is 0 Å². The highest BCUT2D eigenvalue weighted by atomic mass is 35.5. The van der Waals surface area contributed by atoms with Gasteiger partial charge in [-0.3, -0.25) is 10.1 Å². The molecule has 0 aliphatic heterocycles. The van der Waals surface area contributed by atoms with E-state index in [2.05, 4.69) is 36.5 Å². The Morgan fingerprint density at radius 1 is 1.10 bits per heavy atom. The quantitative estimate of drug-likeness (QED) is 0.680. The van der Waals surface area contributed by atoms with Gasteiger partial charge in [0.05, 0.1) is 4.92 Å². The van der Waals surface area contributed by atoms with E-state index in [1.807, 2.05) is 6.07 Å². The Kier molecular flexibility index (Phi) is 4.71. The molecule has 0 aliphatic carbocycles. The van der Waals surface area contributed by atoms with Crippen LogP contribution in [0.15, 0.2) is 42.5 Å². The van der Waals surface area contributed by atoms with E-state index in [9.17, 15) is 10.1 Å². The van der Waals surface area contributed by atoms with Gasteiger partial charge in [0.25, 0.3) is 5.69 Å². The molecular weight excluding hydrogens is 276 g/mol. The van der Waals surface area contributed by atoms with Crippen LogP contribution in [0.4, 0.5) is 5.69 Å². The lowest BCUT2D eigenvalue weighted by Crippen LogP contribution is -2.80. The molecule has 2 rings (SSSR count). The molecule has 0 aliphatic rings. The predicted molar refractivity (Wildman–Crippen MR) is 78.6 cm³/mol. The molecule has 0 saturated carbocycles. The first-order valence-corrected chi connectivity index (χ1v) is 6.74. The summed E-state index contributed by atoms with van der Waals surface area (Å²) in [5.74, 6) is 0. The number of hydrogen-bond donors (Lipinski definition) is 1. The van der Waals surface area contributed by atoms with Gasteiger partial charge in [0, 0.05) is 17.2 Å². The molecule has 0 saturated heterocycles. The van der Waals surface area contributed by atoms with E-state index in [-0.39, 0.29) is 10.7 Å². The fraction of sp³-hybridized carbons (Fsp3) is 0.200. The normalized spacial score (nSPS) is 10.5. The molecule has 20 heavy (non-hydrogen) atoms. The molecule has 0 aromatic heterocycles. The molecule has 2 aromatic carbocycles. The minimum absolute atomic E-state index is 0.0343. The van der Waals surface area contributed by atoms with Gasteiger partial charge < -0.3 is 5.32 Å². The summed E-state index contributed by atoms with van der Waals surface area (Å²) in [4.78, 5) is 10.4. The molecule has 2 N–H and O–H groups in total. The lowest BCUT2D eigenvalue weighted by molar-refractivity contribution is -0.686. The third-order valence-electron chi connectivity index (χ3n) is 3.09. The van der Waals surface area contributed by atoms with Gasteiger partial charge in [0.2, 0.25) is 0 Å². The summed E-state index contributed by atoms with van der Waals surface area (Å²) in [6, 6.07) is 13.3. The summed E-state index contributed by atoms with van der Waals surface area (Å²) in [5.41, 5.74) is 3.34. The number of hydrogen-bond acceptors (Lipinski definition) is 2. The first-order valence-electron chi connectivity index (χ1n) is 6.36. The number of halogens is 1. The minimum Gasteiger partial charge on any atom is -0.339 e. The summed E-state index contributed by atoms with van der Waals surface area (Å²) in [6.45, 7) is 3.59. The maximum Gasteiger partial charge on any atom is 0.288 e. The summed E-state index contributed by atoms with van der Waals surface area (Å²) >= 11 is 5.78. The van der Waals surface area contributed by atoms with Gasteiger partial charge in [0.15, 0.2) is 0 Å². The first-order chi connectivity index (χ1) is 9.56. The van der Waals surface area contributed by atoms with Gasteiger partial charge in [-0.25, -0.2) is 0 Å². The van der Waals surface area contributed by atoms with Gasteiger partial charge >= 0.3 is 0 Å². The molecule has 104 valence electrons. The van der Waals surface area contributed by atoms with Crippen LogP contribution in [-0.4, -0.2) is 4.92 Å². The largest absolute Gasteiger partial charge is 0.339 e. The molecule has 4 nitrogen and oxygen atoms in total. The number of nitrogens with zero attached hydrogens (tertiary/aromatic N) is 1. The van der Waals surface area contributed by atoms with Crippen LogP contribution < -0.4 is 5.32 Å². The van der Waals surface area contributed by atoms with Crippen molar-refractivity contribution in [2.75, 3.05) is 0 Å². The molecule has 5 heteroatoms. The number of nitrogens with two attached hydrogens (primary N) is 1. The molecule has 2 aromatic rings. The predicted octanol–water partition coefficient (Wildman–Crippen LogP) is 2.82. The Balaban J connectivity index is 1.96. The molecule has 0 spiro atoms. The van der Waals surface area contributed by atoms with Crippen molar-refractivity contribution in [3.8, 4) is 0 Å². The molecular formula is C15H16ClN2O2+. The van der Waals surface area contributed by atoms with Crippen LogP contribution in [0.25, 0.3) is 0 Å². The standard InChI is InChI=1S/C15H15ClN2O2/c1-11-2-4-12(5-3-11)9-17-10-13-6-7-14(16)15(8-13)18(19)20/h2-8,17H,9-10H2,1H3/p+1. The molecule has 0 atom stereocenters. The number of quaternary nitrogens is 1. The maximum absolute atomic E-state index is 10.8. The van der Waals surface area contributed by atoms with Gasteiger partial charge in [0.1, 0.15) is 18.1 Å². The number of aryl methyl sites for hydroxylation is 1. The van der Waals surface area contributed by atoms with Crippen LogP contribution in [0.1, 0.15) is 16.7 Å². The second-order valence-corrected chi connectivity index (χ2v) is 5.13. The topological polar surface area (TPSA) is 59.8 Å². The Hall–Kier alpha value is -1.91. The number of rotatable bonds is 5. The van der Waals surface area contributed by atoms with E-state index in [1.54, 1.807) is 6.07 Å². The van der Waals surface area contributed by atoms with Gasteiger partial charge in [-0.05, 0) is 13.0 Å². The highest BCUT2D eigenvalue weighted by molar-refractivity contribution is 6.32. The van der Waals surface area contributed by atoms with Crippen molar-refractivity contribution in [1.29, 1.82) is 0 Å². The number of benzene rings is 2. The summed E-state index contributed by atoms with van der Waals surface area (Å²) in [6.07, 6.45) is 0. The fourth-order valence-electron chi connectivity index (χ4n) is 1.95. The summed E-state index contributed by atoms with van der Waals surface area (Å²) in [5, 5.41) is 13.1. The maximum atomic E-state index is 10.8. The van der Waals surface area contributed by atoms with Crippen LogP contribution in [0.5, 0.6) is 0 Å². The zero-order valence-electron chi connectivity index (χ0n) is 11.2. The molecule has 0 unspecified atom stereocenters. The Bertz CT molecular complexity index is 612. The van der Waals surface area contributed by atoms with Crippen molar-refractivity contribution < 1.29 is 10.2 Å². The monoisotopic (exact) mass is 291 g/mol. The van der Waals surface area contributed by atoms with Crippen LogP contribution in [0.3, 0.4) is 0 Å². The molecule has 0 heterocycles. The van der Waals surface area contributed by atoms with Crippen LogP contribution in [0, 0.1) is 17.0 Å². The third-order valence-corrected chi connectivity index (χ3v) is 3.41. The molecule has 0 bridgehead atoms. The lowest BCUT2D eigenvalue weighted by Gasteiger charge is -2.03. The van der Waals surface area contributed by atoms with Crippen molar-refractivity contribution in [2.45, 2.75) is 20.0 Å². The van der Waals surface area contributed by atoms with Gasteiger partial charge in [-0.2, -0.15) is 0 Å². The van der Waals surface area contributed by atoms with Gasteiger partial charge in [-0.1, -0.05) is 47.5 Å². The average molecular weight is 292 g/mol. The van der Waals surface area contributed by atoms with E-state index < -0.39 is 4.92 Å². The SMILES string of the molecule is Cc1ccc(C[NH2+]Cc2ccc(Cl)c([N+](=O)[O-])c2)cc1. The Labute approximate surface area is 122 Å². The first kappa shape index (κ1) is 14.5. The fourth-order valence-corrected chi connectivity index (χ4v) is 2.14. The van der Waals surface area contributed by atoms with E-state index in [0.717, 1.165) is 12.1 Å². The highest BCUT2D eigenvalue weighted by Gasteiger charge is 2.13. The molecule has 0 radical (unpaired) electrons. The smallest absolute Gasteiger partial charge is 0.288 e. The van der Waals surface area contributed by atoms with Crippen molar-refractivity contribution in [2.24, 2.45) is 0 Å². The second-order valence-electron chi connectivity index (χ2n) is 4.73. The zero-order valence-corrected chi connectivity index (χ0v) is 11.9. The summed E-state index contributed by atoms with van der Waals surface area (Å²) in [7, 11) is 0. The number of nitro benzene ring substituents is 1.